The Bertz CT molecular complexity index is 1600. The molecule has 222 valence electrons. The number of likely N-dealkylation sites (tertiary alicyclic amines) is 1. The molecule has 2 fully saturated rings. The molecule has 0 radical (unpaired) electrons. The van der Waals surface area contributed by atoms with E-state index in [0.29, 0.717) is 12.0 Å². The molecule has 3 atom stereocenters. The zero-order valence-corrected chi connectivity index (χ0v) is 25.2. The van der Waals surface area contributed by atoms with E-state index in [-0.39, 0.29) is 11.2 Å². The molecule has 3 heteroatoms. The van der Waals surface area contributed by atoms with E-state index < -0.39 is 19.8 Å². The average Bonchev–Trinajstić information content (AvgIpc) is 3.23. The molecule has 1 saturated carbocycles. The lowest BCUT2D eigenvalue weighted by Crippen LogP contribution is -2.59. The van der Waals surface area contributed by atoms with Gasteiger partial charge in [-0.2, -0.15) is 0 Å². The van der Waals surface area contributed by atoms with Gasteiger partial charge in [0.2, 0.25) is 0 Å². The summed E-state index contributed by atoms with van der Waals surface area (Å²) >= 11 is 0. The summed E-state index contributed by atoms with van der Waals surface area (Å²) in [5.41, 5.74) is 9.64. The number of piperidine rings is 1. The van der Waals surface area contributed by atoms with E-state index in [0.717, 1.165) is 51.6 Å². The Labute approximate surface area is 264 Å². The summed E-state index contributed by atoms with van der Waals surface area (Å²) in [6.45, 7) is -4.15. The third-order valence-corrected chi connectivity index (χ3v) is 10.3. The summed E-state index contributed by atoms with van der Waals surface area (Å²) in [7, 11) is 4.21. The largest absolute Gasteiger partial charge is 0.491 e. The minimum absolute atomic E-state index is 0.0486. The molecule has 3 aromatic rings. The van der Waals surface area contributed by atoms with Gasteiger partial charge in [0.05, 0.1) is 7.45 Å². The van der Waals surface area contributed by atoms with E-state index in [1.54, 1.807) is 6.07 Å². The zero-order valence-electron chi connectivity index (χ0n) is 32.2. The average molecular weight is 570 g/mol. The summed E-state index contributed by atoms with van der Waals surface area (Å²) < 4.78 is 59.3. The third-order valence-electron chi connectivity index (χ3n) is 10.3. The number of fused-ring (bicyclic) bond motifs is 3. The van der Waals surface area contributed by atoms with Crippen molar-refractivity contribution in [2.75, 3.05) is 27.2 Å². The lowest BCUT2D eigenvalue weighted by Gasteiger charge is -2.58. The van der Waals surface area contributed by atoms with Gasteiger partial charge in [0.25, 0.3) is 0 Å². The molecular weight excluding hydrogens is 512 g/mol. The number of benzene rings is 3. The van der Waals surface area contributed by atoms with E-state index in [9.17, 15) is 0 Å². The van der Waals surface area contributed by atoms with Gasteiger partial charge in [0, 0.05) is 19.7 Å². The first-order valence-electron chi connectivity index (χ1n) is 19.3. The molecule has 1 saturated heterocycles. The van der Waals surface area contributed by atoms with E-state index in [4.69, 9.17) is 14.3 Å². The molecular formula is C39H50N2O. The second-order valence-electron chi connectivity index (χ2n) is 12.6. The van der Waals surface area contributed by atoms with Crippen LogP contribution in [0.25, 0.3) is 5.57 Å². The maximum absolute atomic E-state index is 8.19. The molecule has 0 amide bonds. The minimum atomic E-state index is -3.10. The predicted molar refractivity (Wildman–Crippen MR) is 176 cm³/mol. The monoisotopic (exact) mass is 569 g/mol. The van der Waals surface area contributed by atoms with Crippen molar-refractivity contribution in [2.45, 2.75) is 89.0 Å². The van der Waals surface area contributed by atoms with Crippen LogP contribution in [0.2, 0.25) is 0 Å². The first kappa shape index (κ1) is 21.8. The van der Waals surface area contributed by atoms with Crippen LogP contribution in [0.15, 0.2) is 72.8 Å². The van der Waals surface area contributed by atoms with Gasteiger partial charge in [-0.3, -0.25) is 0 Å². The quantitative estimate of drug-likeness (QED) is 0.315. The first-order valence-corrected chi connectivity index (χ1v) is 15.8. The van der Waals surface area contributed by atoms with Crippen LogP contribution in [0.4, 0.5) is 0 Å². The van der Waals surface area contributed by atoms with Crippen molar-refractivity contribution in [3.63, 3.8) is 0 Å². The normalized spacial score (nSPS) is 27.6. The highest BCUT2D eigenvalue weighted by molar-refractivity contribution is 5.83. The van der Waals surface area contributed by atoms with Crippen LogP contribution in [0, 0.1) is 5.92 Å². The Morgan fingerprint density at radius 3 is 2.45 bits per heavy atom. The Hall–Kier alpha value is -2.88. The Morgan fingerprint density at radius 1 is 1.00 bits per heavy atom. The lowest BCUT2D eigenvalue weighted by atomic mass is 9.52. The minimum Gasteiger partial charge on any atom is -0.491 e. The number of nitrogens with zero attached hydrogens (tertiary/aromatic N) is 1. The standard InChI is InChI=1S/C20H29NO.C19H21N/c1-14(2)22-16-8-7-15-12-19-17-6-4-5-9-20(17,18(15)13-16)10-11-21(19)3;1-20-14-6-11-19-17-9-4-2-7-15(17)12-13-16-8-3-5-10-18(16)19/h7-8,13-14,17,19H,4-6,9-12H2,1-3H3;2-5,7-11,20H,6,12-14H2,1H3/t17-,19+,20+;/m1./s1/i1D3,2D3,14D;. The van der Waals surface area contributed by atoms with Gasteiger partial charge in [0.15, 0.2) is 0 Å². The number of nitrogens with one attached hydrogen (secondary N) is 1. The summed E-state index contributed by atoms with van der Waals surface area (Å²) in [6, 6.07) is 23.6. The molecule has 0 unspecified atom stereocenters. The fourth-order valence-corrected chi connectivity index (χ4v) is 8.35. The van der Waals surface area contributed by atoms with Crippen LogP contribution >= 0.6 is 0 Å². The topological polar surface area (TPSA) is 24.5 Å². The molecule has 1 aliphatic heterocycles. The molecule has 0 aromatic heterocycles. The van der Waals surface area contributed by atoms with Crippen LogP contribution in [-0.4, -0.2) is 44.2 Å². The number of ether oxygens (including phenoxy) is 1. The van der Waals surface area contributed by atoms with Crippen LogP contribution in [-0.2, 0) is 24.7 Å². The highest BCUT2D eigenvalue weighted by Crippen LogP contribution is 2.56. The summed E-state index contributed by atoms with van der Waals surface area (Å²) in [5, 5.41) is 3.23. The molecule has 3 aromatic carbocycles. The number of hydrogen-bond donors (Lipinski definition) is 1. The van der Waals surface area contributed by atoms with Crippen LogP contribution in [0.3, 0.4) is 0 Å². The van der Waals surface area contributed by atoms with Crippen molar-refractivity contribution in [3.8, 4) is 5.75 Å². The number of likely N-dealkylation sites (N-methyl/N-ethyl adjacent to an activating group) is 1. The Kier molecular flexibility index (Phi) is 6.62. The number of rotatable bonds is 5. The van der Waals surface area contributed by atoms with Crippen LogP contribution in [0.1, 0.15) is 95.2 Å². The van der Waals surface area contributed by atoms with E-state index in [2.05, 4.69) is 71.9 Å². The highest BCUT2D eigenvalue weighted by Gasteiger charge is 2.53. The molecule has 4 aliphatic rings. The van der Waals surface area contributed by atoms with Crippen molar-refractivity contribution in [1.29, 1.82) is 0 Å². The molecule has 0 spiro atoms. The molecule has 3 nitrogen and oxygen atoms in total. The van der Waals surface area contributed by atoms with Gasteiger partial charge < -0.3 is 15.0 Å². The smallest absolute Gasteiger partial charge is 0.119 e. The predicted octanol–water partition coefficient (Wildman–Crippen LogP) is 7.99. The van der Waals surface area contributed by atoms with Crippen molar-refractivity contribution in [1.82, 2.24) is 10.2 Å². The fraction of sp³-hybridized carbons (Fsp3) is 0.487. The molecule has 3 aliphatic carbocycles. The zero-order chi connectivity index (χ0) is 35.0. The third kappa shape index (κ3) is 5.71. The van der Waals surface area contributed by atoms with Crippen LogP contribution in [0.5, 0.6) is 5.75 Å². The summed E-state index contributed by atoms with van der Waals surface area (Å²) in [6.07, 6.45) is 9.41. The molecule has 1 N–H and O–H groups in total. The Morgan fingerprint density at radius 2 is 1.74 bits per heavy atom. The van der Waals surface area contributed by atoms with Gasteiger partial charge in [0.1, 0.15) is 5.75 Å². The van der Waals surface area contributed by atoms with Gasteiger partial charge in [-0.25, -0.2) is 0 Å². The van der Waals surface area contributed by atoms with Crippen molar-refractivity contribution >= 4 is 5.57 Å². The molecule has 42 heavy (non-hydrogen) atoms. The van der Waals surface area contributed by atoms with Crippen molar-refractivity contribution < 1.29 is 14.3 Å². The highest BCUT2D eigenvalue weighted by atomic mass is 16.5. The molecule has 1 heterocycles. The van der Waals surface area contributed by atoms with Gasteiger partial charge >= 0.3 is 0 Å². The fourth-order valence-electron chi connectivity index (χ4n) is 8.35. The van der Waals surface area contributed by atoms with Gasteiger partial charge in [-0.05, 0) is 143 Å². The van der Waals surface area contributed by atoms with Crippen LogP contribution < -0.4 is 10.1 Å². The molecule has 2 bridgehead atoms. The van der Waals surface area contributed by atoms with E-state index in [1.807, 2.05) is 19.2 Å². The second-order valence-corrected chi connectivity index (χ2v) is 12.6. The van der Waals surface area contributed by atoms with Gasteiger partial charge in [-0.15, -0.1) is 0 Å². The first-order chi connectivity index (χ1) is 23.3. The SMILES string of the molecule is CNCCC=C1c2ccccc2CCc2ccccc21.[2H]C([2H])([2H])C([2H])(Oc1ccc2c(c1)[C@]13CCCC[C@@H]1[C@H](C2)N(C)CC3)C([2H])([2H])[2H]. The van der Waals surface area contributed by atoms with E-state index in [1.165, 1.54) is 58.2 Å². The summed E-state index contributed by atoms with van der Waals surface area (Å²) in [4.78, 5) is 2.47. The van der Waals surface area contributed by atoms with Crippen molar-refractivity contribution in [3.05, 3.63) is 106 Å². The number of aryl methyl sites for hydroxylation is 2. The molecule has 7 rings (SSSR count). The maximum atomic E-state index is 8.19. The number of hydrogen-bond acceptors (Lipinski definition) is 3. The van der Waals surface area contributed by atoms with Crippen molar-refractivity contribution in [2.24, 2.45) is 5.92 Å². The maximum Gasteiger partial charge on any atom is 0.119 e. The summed E-state index contributed by atoms with van der Waals surface area (Å²) in [5.74, 6) is 0.728. The van der Waals surface area contributed by atoms with Gasteiger partial charge in [-0.1, -0.05) is 73.5 Å². The second kappa shape index (κ2) is 12.8. The lowest BCUT2D eigenvalue weighted by molar-refractivity contribution is 0.00266. The van der Waals surface area contributed by atoms with E-state index >= 15 is 0 Å². The Balaban J connectivity index is 0.000000182.